The van der Waals surface area contributed by atoms with Crippen LogP contribution in [0.15, 0.2) is 54.6 Å². The lowest BCUT2D eigenvalue weighted by Crippen LogP contribution is -2.64. The highest BCUT2D eigenvalue weighted by molar-refractivity contribution is 6.01. The second kappa shape index (κ2) is 16.1. The zero-order valence-corrected chi connectivity index (χ0v) is 26.2. The van der Waals surface area contributed by atoms with Gasteiger partial charge in [-0.3, -0.25) is 24.0 Å². The van der Waals surface area contributed by atoms with Crippen LogP contribution in [0.3, 0.4) is 0 Å². The fourth-order valence-corrected chi connectivity index (χ4v) is 5.82. The molecule has 1 aliphatic heterocycles. The smallest absolute Gasteiger partial charge is 0.255 e. The van der Waals surface area contributed by atoms with Crippen molar-refractivity contribution < 1.29 is 28.7 Å². The predicted octanol–water partition coefficient (Wildman–Crippen LogP) is 2.39. The minimum atomic E-state index is -1.23. The Kier molecular flexibility index (Phi) is 11.9. The second-order valence-corrected chi connectivity index (χ2v) is 12.1. The molecule has 11 heteroatoms. The number of rotatable bonds is 6. The van der Waals surface area contributed by atoms with E-state index in [2.05, 4.69) is 26.6 Å². The molecule has 4 rings (SSSR count). The van der Waals surface area contributed by atoms with Crippen molar-refractivity contribution in [2.45, 2.75) is 82.8 Å². The molecule has 5 N–H and O–H groups in total. The molecule has 1 spiro atoms. The van der Waals surface area contributed by atoms with Crippen LogP contribution in [0.4, 0.5) is 0 Å². The summed E-state index contributed by atoms with van der Waals surface area (Å²) in [5.41, 5.74) is 0.105. The Labute approximate surface area is 264 Å². The lowest BCUT2D eigenvalue weighted by atomic mass is 9.80. The summed E-state index contributed by atoms with van der Waals surface area (Å²) >= 11 is 0. The molecule has 45 heavy (non-hydrogen) atoms. The molecule has 1 saturated carbocycles. The predicted molar refractivity (Wildman–Crippen MR) is 169 cm³/mol. The van der Waals surface area contributed by atoms with E-state index in [-0.39, 0.29) is 42.7 Å². The third kappa shape index (κ3) is 9.29. The normalized spacial score (nSPS) is 21.3. The largest absolute Gasteiger partial charge is 0.491 e. The molecule has 2 atom stereocenters. The van der Waals surface area contributed by atoms with Gasteiger partial charge in [0.25, 0.3) is 5.91 Å². The maximum atomic E-state index is 13.8. The number of amides is 5. The molecule has 1 heterocycles. The van der Waals surface area contributed by atoms with Crippen molar-refractivity contribution >= 4 is 29.5 Å². The van der Waals surface area contributed by atoms with E-state index in [1.807, 2.05) is 44.2 Å². The van der Waals surface area contributed by atoms with Crippen LogP contribution in [-0.4, -0.2) is 66.9 Å². The highest BCUT2D eigenvalue weighted by atomic mass is 16.5. The van der Waals surface area contributed by atoms with Crippen molar-refractivity contribution in [3.63, 3.8) is 0 Å². The monoisotopic (exact) mass is 619 g/mol. The third-order valence-electron chi connectivity index (χ3n) is 8.34. The van der Waals surface area contributed by atoms with Crippen molar-refractivity contribution in [2.24, 2.45) is 5.92 Å². The van der Waals surface area contributed by atoms with Gasteiger partial charge in [0.15, 0.2) is 0 Å². The van der Waals surface area contributed by atoms with Gasteiger partial charge in [0, 0.05) is 6.54 Å². The van der Waals surface area contributed by atoms with Gasteiger partial charge in [-0.25, -0.2) is 0 Å². The summed E-state index contributed by atoms with van der Waals surface area (Å²) in [6, 6.07) is 14.5. The third-order valence-corrected chi connectivity index (χ3v) is 8.34. The zero-order chi connectivity index (χ0) is 32.2. The van der Waals surface area contributed by atoms with Gasteiger partial charge in [0.1, 0.15) is 30.0 Å². The number of hydrogen-bond donors (Lipinski definition) is 5. The molecule has 1 aliphatic carbocycles. The molecule has 0 bridgehead atoms. The Morgan fingerprint density at radius 1 is 0.956 bits per heavy atom. The van der Waals surface area contributed by atoms with Crippen molar-refractivity contribution in [1.82, 2.24) is 26.6 Å². The highest BCUT2D eigenvalue weighted by Gasteiger charge is 2.43. The fraction of sp³-hybridized carbons (Fsp3) is 0.500. The van der Waals surface area contributed by atoms with Crippen molar-refractivity contribution in [1.29, 1.82) is 0 Å². The molecule has 0 unspecified atom stereocenters. The van der Waals surface area contributed by atoms with Gasteiger partial charge < -0.3 is 31.3 Å². The van der Waals surface area contributed by atoms with Crippen LogP contribution in [0, 0.1) is 5.92 Å². The van der Waals surface area contributed by atoms with Crippen molar-refractivity contribution in [3.8, 4) is 5.75 Å². The van der Waals surface area contributed by atoms with Crippen LogP contribution < -0.4 is 31.3 Å². The maximum Gasteiger partial charge on any atom is 0.255 e. The molecular formula is C34H45N5O6. The summed E-state index contributed by atoms with van der Waals surface area (Å²) in [6.07, 6.45) is 4.24. The molecule has 5 amide bonds. The lowest BCUT2D eigenvalue weighted by molar-refractivity contribution is -0.138. The van der Waals surface area contributed by atoms with Crippen LogP contribution in [0.5, 0.6) is 5.75 Å². The van der Waals surface area contributed by atoms with Gasteiger partial charge in [0.05, 0.1) is 18.5 Å². The summed E-state index contributed by atoms with van der Waals surface area (Å²) in [6.45, 7) is 4.25. The summed E-state index contributed by atoms with van der Waals surface area (Å²) in [4.78, 5) is 67.4. The summed E-state index contributed by atoms with van der Waals surface area (Å²) < 4.78 is 5.83. The number of ether oxygens (including phenoxy) is 1. The molecule has 0 saturated heterocycles. The minimum Gasteiger partial charge on any atom is -0.491 e. The Hall–Kier alpha value is -4.41. The van der Waals surface area contributed by atoms with Gasteiger partial charge in [-0.2, -0.15) is 0 Å². The standard InChI is InChI=1S/C34H45N5O6/c1-23(2)29-32(43)36-20-21-45-27-16-8-7-15-25(27)30(41)37-26(31(42)35-19-11-14-24-12-5-3-6-13-24)22-28(40)39-34(33(44)38-29)17-9-4-10-18-34/h3,5-8,12-13,15-16,23,26,29H,4,9-11,14,17-22H2,1-2H3,(H,35,42)(H,36,43)(H,37,41)(H,38,44)(H,39,40)/t26-,29+/m0/s1. The van der Waals surface area contributed by atoms with E-state index >= 15 is 0 Å². The van der Waals surface area contributed by atoms with Gasteiger partial charge in [-0.15, -0.1) is 0 Å². The highest BCUT2D eigenvalue weighted by Crippen LogP contribution is 2.29. The molecule has 2 aromatic carbocycles. The van der Waals surface area contributed by atoms with Crippen LogP contribution in [0.1, 0.15) is 74.7 Å². The molecule has 242 valence electrons. The summed E-state index contributed by atoms with van der Waals surface area (Å²) in [7, 11) is 0. The number of fused-ring (bicyclic) bond motifs is 1. The van der Waals surface area contributed by atoms with Gasteiger partial charge in [-0.05, 0) is 49.3 Å². The first kappa shape index (κ1) is 33.5. The number of nitrogens with one attached hydrogen (secondary N) is 5. The molecule has 2 aromatic rings. The average Bonchev–Trinajstić information content (AvgIpc) is 3.03. The first-order valence-electron chi connectivity index (χ1n) is 15.9. The van der Waals surface area contributed by atoms with Crippen molar-refractivity contribution in [3.05, 3.63) is 65.7 Å². The molecule has 11 nitrogen and oxygen atoms in total. The number of para-hydroxylation sites is 1. The first-order chi connectivity index (χ1) is 21.7. The summed E-state index contributed by atoms with van der Waals surface area (Å²) in [5, 5.41) is 14.2. The van der Waals surface area contributed by atoms with E-state index in [1.54, 1.807) is 24.3 Å². The van der Waals surface area contributed by atoms with E-state index in [4.69, 9.17) is 4.74 Å². The van der Waals surface area contributed by atoms with E-state index < -0.39 is 41.3 Å². The number of carbonyl (C=O) groups is 5. The van der Waals surface area contributed by atoms with Crippen LogP contribution >= 0.6 is 0 Å². The van der Waals surface area contributed by atoms with E-state index in [9.17, 15) is 24.0 Å². The molecule has 0 aromatic heterocycles. The second-order valence-electron chi connectivity index (χ2n) is 12.1. The van der Waals surface area contributed by atoms with Crippen LogP contribution in [-0.2, 0) is 25.6 Å². The molecule has 1 fully saturated rings. The SMILES string of the molecule is CC(C)[C@H]1NC(=O)C2(CCCCC2)NC(=O)C[C@@H](C(=O)NCCCc2ccccc2)NC(=O)c2ccccc2OCCNC1=O. The Morgan fingerprint density at radius 3 is 2.40 bits per heavy atom. The quantitative estimate of drug-likeness (QED) is 0.313. The fourth-order valence-electron chi connectivity index (χ4n) is 5.82. The van der Waals surface area contributed by atoms with Gasteiger partial charge in [-0.1, -0.05) is 75.6 Å². The van der Waals surface area contributed by atoms with E-state index in [0.717, 1.165) is 31.2 Å². The van der Waals surface area contributed by atoms with Crippen LogP contribution in [0.25, 0.3) is 0 Å². The van der Waals surface area contributed by atoms with Gasteiger partial charge in [0.2, 0.25) is 23.6 Å². The Morgan fingerprint density at radius 2 is 1.67 bits per heavy atom. The number of benzene rings is 2. The number of hydrogen-bond acceptors (Lipinski definition) is 6. The lowest BCUT2D eigenvalue weighted by Gasteiger charge is -2.38. The van der Waals surface area contributed by atoms with Gasteiger partial charge >= 0.3 is 0 Å². The topological polar surface area (TPSA) is 155 Å². The summed E-state index contributed by atoms with van der Waals surface area (Å²) in [5.74, 6) is -2.36. The zero-order valence-electron chi connectivity index (χ0n) is 26.2. The maximum absolute atomic E-state index is 13.8. The molecule has 2 aliphatic rings. The first-order valence-corrected chi connectivity index (χ1v) is 15.9. The average molecular weight is 620 g/mol. The van der Waals surface area contributed by atoms with E-state index in [0.29, 0.717) is 25.8 Å². The Bertz CT molecular complexity index is 1340. The minimum absolute atomic E-state index is 0.0735. The Balaban J connectivity index is 1.58. The number of aryl methyl sites for hydroxylation is 1. The molecular weight excluding hydrogens is 574 g/mol. The van der Waals surface area contributed by atoms with Crippen LogP contribution in [0.2, 0.25) is 0 Å². The molecule has 0 radical (unpaired) electrons. The van der Waals surface area contributed by atoms with Crippen molar-refractivity contribution in [2.75, 3.05) is 19.7 Å². The number of carbonyl (C=O) groups excluding carboxylic acids is 5. The van der Waals surface area contributed by atoms with E-state index in [1.165, 1.54) is 0 Å².